The normalized spacial score (nSPS) is 10.9. The van der Waals surface area contributed by atoms with Crippen LogP contribution >= 0.6 is 11.8 Å². The lowest BCUT2D eigenvalue weighted by atomic mass is 9.99. The largest absolute Gasteiger partial charge is 0.333 e. The second kappa shape index (κ2) is 9.89. The van der Waals surface area contributed by atoms with E-state index in [4.69, 9.17) is 5.10 Å². The third-order valence-electron chi connectivity index (χ3n) is 5.55. The van der Waals surface area contributed by atoms with Crippen molar-refractivity contribution in [3.63, 3.8) is 0 Å². The molecule has 34 heavy (non-hydrogen) atoms. The van der Waals surface area contributed by atoms with E-state index in [0.717, 1.165) is 33.8 Å². The Labute approximate surface area is 201 Å². The van der Waals surface area contributed by atoms with Crippen molar-refractivity contribution in [3.05, 3.63) is 127 Å². The maximum atomic E-state index is 13.7. The number of benzene rings is 4. The predicted octanol–water partition coefficient (Wildman–Crippen LogP) is 7.61. The van der Waals surface area contributed by atoms with Gasteiger partial charge in [-0.25, -0.2) is 4.68 Å². The molecule has 3 nitrogen and oxygen atoms in total. The molecule has 0 fully saturated rings. The standard InChI is InChI=1S/C29H21FN2OS/c30-29(33)24-18-10-11-19-26(24)34-20-25-27(21-12-4-1-5-13-21)28(22-14-6-2-7-15-22)31-32(25)23-16-8-3-9-17-23/h1-19H,20H2. The number of thioether (sulfide) groups is 1. The molecule has 0 aliphatic rings. The van der Waals surface area contributed by atoms with Gasteiger partial charge in [-0.05, 0) is 29.8 Å². The van der Waals surface area contributed by atoms with E-state index < -0.39 is 6.04 Å². The van der Waals surface area contributed by atoms with Gasteiger partial charge in [-0.15, -0.1) is 11.8 Å². The van der Waals surface area contributed by atoms with Crippen LogP contribution in [0.2, 0.25) is 0 Å². The molecule has 1 heterocycles. The van der Waals surface area contributed by atoms with Gasteiger partial charge in [0.2, 0.25) is 0 Å². The number of rotatable bonds is 7. The van der Waals surface area contributed by atoms with Crippen molar-refractivity contribution >= 4 is 17.8 Å². The molecule has 0 amide bonds. The molecule has 0 radical (unpaired) electrons. The Bertz CT molecular complexity index is 1420. The molecule has 1 aromatic heterocycles. The highest BCUT2D eigenvalue weighted by atomic mass is 32.2. The maximum absolute atomic E-state index is 13.7. The Morgan fingerprint density at radius 2 is 1.29 bits per heavy atom. The summed E-state index contributed by atoms with van der Waals surface area (Å²) in [5.41, 5.74) is 5.96. The van der Waals surface area contributed by atoms with Gasteiger partial charge in [0.05, 0.1) is 16.9 Å². The average molecular weight is 465 g/mol. The van der Waals surface area contributed by atoms with Crippen molar-refractivity contribution in [1.82, 2.24) is 9.78 Å². The number of halogens is 1. The van der Waals surface area contributed by atoms with Crippen LogP contribution in [0.15, 0.2) is 120 Å². The molecule has 0 aliphatic carbocycles. The van der Waals surface area contributed by atoms with Crippen LogP contribution in [0.5, 0.6) is 0 Å². The third-order valence-corrected chi connectivity index (χ3v) is 6.64. The highest BCUT2D eigenvalue weighted by molar-refractivity contribution is 7.98. The molecule has 0 spiro atoms. The summed E-state index contributed by atoms with van der Waals surface area (Å²) in [7, 11) is 0. The molecule has 0 aliphatic heterocycles. The van der Waals surface area contributed by atoms with E-state index in [1.165, 1.54) is 17.8 Å². The summed E-state index contributed by atoms with van der Waals surface area (Å²) in [6.45, 7) is 0. The van der Waals surface area contributed by atoms with E-state index in [1.54, 1.807) is 12.1 Å². The molecular formula is C29H21FN2OS. The summed E-state index contributed by atoms with van der Waals surface area (Å²) in [4.78, 5) is 12.2. The molecule has 0 atom stereocenters. The number of hydrogen-bond acceptors (Lipinski definition) is 3. The number of hydrogen-bond donors (Lipinski definition) is 0. The molecule has 5 heteroatoms. The first-order chi connectivity index (χ1) is 16.7. The number of carbonyl (C=O) groups is 1. The molecule has 5 rings (SSSR count). The Kier molecular flexibility index (Phi) is 6.36. The van der Waals surface area contributed by atoms with Crippen LogP contribution in [0.3, 0.4) is 0 Å². The number of aromatic nitrogens is 2. The second-order valence-electron chi connectivity index (χ2n) is 7.71. The first kappa shape index (κ1) is 21.9. The highest BCUT2D eigenvalue weighted by Crippen LogP contribution is 2.39. The van der Waals surface area contributed by atoms with E-state index in [-0.39, 0.29) is 5.56 Å². The van der Waals surface area contributed by atoms with Gasteiger partial charge in [0, 0.05) is 21.8 Å². The lowest BCUT2D eigenvalue weighted by molar-refractivity contribution is 0.0832. The first-order valence-corrected chi connectivity index (χ1v) is 11.9. The van der Waals surface area contributed by atoms with Gasteiger partial charge >= 0.3 is 6.04 Å². The molecule has 5 aromatic rings. The fourth-order valence-electron chi connectivity index (χ4n) is 3.98. The topological polar surface area (TPSA) is 34.9 Å². The number of carbonyl (C=O) groups excluding carboxylic acids is 1. The lowest BCUT2D eigenvalue weighted by Gasteiger charge is -2.11. The van der Waals surface area contributed by atoms with Crippen molar-refractivity contribution in [2.24, 2.45) is 0 Å². The van der Waals surface area contributed by atoms with Crippen molar-refractivity contribution in [2.75, 3.05) is 0 Å². The molecular weight excluding hydrogens is 443 g/mol. The maximum Gasteiger partial charge on any atom is 0.333 e. The van der Waals surface area contributed by atoms with Gasteiger partial charge in [0.25, 0.3) is 0 Å². The van der Waals surface area contributed by atoms with E-state index in [0.29, 0.717) is 10.6 Å². The molecule has 0 saturated heterocycles. The summed E-state index contributed by atoms with van der Waals surface area (Å²) >= 11 is 1.43. The summed E-state index contributed by atoms with van der Waals surface area (Å²) in [6, 6.07) is 35.6. The Balaban J connectivity index is 1.70. The SMILES string of the molecule is O=C(F)c1ccccc1SCc1c(-c2ccccc2)c(-c2ccccc2)nn1-c1ccccc1. The Morgan fingerprint density at radius 3 is 1.94 bits per heavy atom. The number of para-hydroxylation sites is 1. The second-order valence-corrected chi connectivity index (χ2v) is 8.73. The van der Waals surface area contributed by atoms with Crippen molar-refractivity contribution in [3.8, 4) is 28.1 Å². The van der Waals surface area contributed by atoms with Crippen LogP contribution in [0, 0.1) is 0 Å². The van der Waals surface area contributed by atoms with Crippen LogP contribution in [-0.4, -0.2) is 15.8 Å². The summed E-state index contributed by atoms with van der Waals surface area (Å²) in [5, 5.41) is 5.06. The van der Waals surface area contributed by atoms with Gasteiger partial charge in [0.1, 0.15) is 5.69 Å². The summed E-state index contributed by atoms with van der Waals surface area (Å²) < 4.78 is 15.6. The Hall–Kier alpha value is -3.96. The van der Waals surface area contributed by atoms with E-state index >= 15 is 0 Å². The zero-order valence-corrected chi connectivity index (χ0v) is 19.1. The quantitative estimate of drug-likeness (QED) is 0.184. The van der Waals surface area contributed by atoms with E-state index in [9.17, 15) is 9.18 Å². The molecule has 0 unspecified atom stereocenters. The van der Waals surface area contributed by atoms with Gasteiger partial charge < -0.3 is 0 Å². The van der Waals surface area contributed by atoms with Crippen LogP contribution < -0.4 is 0 Å². The van der Waals surface area contributed by atoms with Gasteiger partial charge in [-0.3, -0.25) is 4.79 Å². The van der Waals surface area contributed by atoms with E-state index in [1.807, 2.05) is 77.5 Å². The van der Waals surface area contributed by atoms with Gasteiger partial charge in [0.15, 0.2) is 0 Å². The minimum atomic E-state index is -1.42. The van der Waals surface area contributed by atoms with Crippen LogP contribution in [0.4, 0.5) is 4.39 Å². The van der Waals surface area contributed by atoms with Crippen molar-refractivity contribution in [2.45, 2.75) is 10.6 Å². The monoisotopic (exact) mass is 464 g/mol. The predicted molar refractivity (Wildman–Crippen MR) is 136 cm³/mol. The summed E-state index contributed by atoms with van der Waals surface area (Å²) in [6.07, 6.45) is 0. The zero-order chi connectivity index (χ0) is 23.3. The third kappa shape index (κ3) is 4.43. The lowest BCUT2D eigenvalue weighted by Crippen LogP contribution is -2.02. The van der Waals surface area contributed by atoms with Crippen molar-refractivity contribution < 1.29 is 9.18 Å². The fraction of sp³-hybridized carbons (Fsp3) is 0.0345. The minimum Gasteiger partial charge on any atom is -0.255 e. The smallest absolute Gasteiger partial charge is 0.255 e. The van der Waals surface area contributed by atoms with Crippen LogP contribution in [-0.2, 0) is 5.75 Å². The molecule has 0 N–H and O–H groups in total. The average Bonchev–Trinajstić information content (AvgIpc) is 3.28. The number of nitrogens with zero attached hydrogens (tertiary/aromatic N) is 2. The van der Waals surface area contributed by atoms with Gasteiger partial charge in [-0.1, -0.05) is 91.0 Å². The Morgan fingerprint density at radius 1 is 0.735 bits per heavy atom. The van der Waals surface area contributed by atoms with Gasteiger partial charge in [-0.2, -0.15) is 9.49 Å². The van der Waals surface area contributed by atoms with E-state index in [2.05, 4.69) is 24.3 Å². The minimum absolute atomic E-state index is 0.0859. The molecule has 0 bridgehead atoms. The molecule has 0 saturated carbocycles. The van der Waals surface area contributed by atoms with Crippen LogP contribution in [0.25, 0.3) is 28.1 Å². The first-order valence-electron chi connectivity index (χ1n) is 10.9. The zero-order valence-electron chi connectivity index (χ0n) is 18.3. The summed E-state index contributed by atoms with van der Waals surface area (Å²) in [5.74, 6) is 0.503. The fourth-order valence-corrected chi connectivity index (χ4v) is 5.01. The van der Waals surface area contributed by atoms with Crippen LogP contribution in [0.1, 0.15) is 16.1 Å². The highest BCUT2D eigenvalue weighted by Gasteiger charge is 2.22. The molecule has 166 valence electrons. The van der Waals surface area contributed by atoms with Crippen molar-refractivity contribution in [1.29, 1.82) is 0 Å². The molecule has 4 aromatic carbocycles.